The molecule has 0 aromatic heterocycles. The van der Waals surface area contributed by atoms with Crippen molar-refractivity contribution in [2.24, 2.45) is 5.73 Å². The molecule has 0 saturated carbocycles. The maximum absolute atomic E-state index is 9.47. The monoisotopic (exact) mass is 167 g/mol. The summed E-state index contributed by atoms with van der Waals surface area (Å²) in [6.45, 7) is 2.04. The van der Waals surface area contributed by atoms with Gasteiger partial charge in [0, 0.05) is 17.7 Å². The molecule has 1 rings (SSSR count). The molecule has 3 nitrogen and oxygen atoms in total. The van der Waals surface area contributed by atoms with Crippen LogP contribution >= 0.6 is 0 Å². The van der Waals surface area contributed by atoms with Gasteiger partial charge in [-0.05, 0) is 6.92 Å². The van der Waals surface area contributed by atoms with Gasteiger partial charge in [0.1, 0.15) is 5.75 Å². The van der Waals surface area contributed by atoms with Gasteiger partial charge in [0.2, 0.25) is 0 Å². The minimum Gasteiger partial charge on any atom is -0.507 e. The van der Waals surface area contributed by atoms with Gasteiger partial charge in [0.25, 0.3) is 0 Å². The first-order valence-corrected chi connectivity index (χ1v) is 3.81. The van der Waals surface area contributed by atoms with Crippen LogP contribution in [0.1, 0.15) is 16.7 Å². The highest BCUT2D eigenvalue weighted by Gasteiger charge is 2.05. The van der Waals surface area contributed by atoms with E-state index < -0.39 is 0 Å². The van der Waals surface area contributed by atoms with Crippen molar-refractivity contribution in [1.82, 2.24) is 0 Å². The third-order valence-corrected chi connectivity index (χ3v) is 1.80. The SMILES string of the molecule is Cc1cc(CN)c(O)c(CO)c1. The summed E-state index contributed by atoms with van der Waals surface area (Å²) < 4.78 is 0. The lowest BCUT2D eigenvalue weighted by Gasteiger charge is -2.07. The van der Waals surface area contributed by atoms with Gasteiger partial charge in [0.15, 0.2) is 0 Å². The number of aryl methyl sites for hydroxylation is 1. The van der Waals surface area contributed by atoms with E-state index >= 15 is 0 Å². The third-order valence-electron chi connectivity index (χ3n) is 1.80. The lowest BCUT2D eigenvalue weighted by atomic mass is 10.1. The van der Waals surface area contributed by atoms with Crippen molar-refractivity contribution in [3.63, 3.8) is 0 Å². The van der Waals surface area contributed by atoms with Crippen molar-refractivity contribution in [1.29, 1.82) is 0 Å². The van der Waals surface area contributed by atoms with Crippen molar-refractivity contribution in [3.8, 4) is 5.75 Å². The van der Waals surface area contributed by atoms with Gasteiger partial charge in [-0.1, -0.05) is 17.7 Å². The predicted molar refractivity (Wildman–Crippen MR) is 46.7 cm³/mol. The molecule has 12 heavy (non-hydrogen) atoms. The number of aromatic hydroxyl groups is 1. The molecule has 1 aromatic carbocycles. The number of phenols is 1. The molecule has 3 heteroatoms. The molecule has 0 aliphatic rings. The van der Waals surface area contributed by atoms with Gasteiger partial charge in [-0.2, -0.15) is 0 Å². The van der Waals surface area contributed by atoms with E-state index in [1.165, 1.54) is 0 Å². The number of rotatable bonds is 2. The Labute approximate surface area is 71.5 Å². The van der Waals surface area contributed by atoms with E-state index in [4.69, 9.17) is 10.8 Å². The van der Waals surface area contributed by atoms with Crippen molar-refractivity contribution in [3.05, 3.63) is 28.8 Å². The summed E-state index contributed by atoms with van der Waals surface area (Å²) in [7, 11) is 0. The van der Waals surface area contributed by atoms with Gasteiger partial charge in [-0.25, -0.2) is 0 Å². The maximum Gasteiger partial charge on any atom is 0.125 e. The standard InChI is InChI=1S/C9H13NO2/c1-6-2-7(4-10)9(12)8(3-6)5-11/h2-3,11-12H,4-5,10H2,1H3. The Morgan fingerprint density at radius 1 is 1.33 bits per heavy atom. The second-order valence-corrected chi connectivity index (χ2v) is 2.79. The Morgan fingerprint density at radius 3 is 2.42 bits per heavy atom. The first-order valence-electron chi connectivity index (χ1n) is 3.81. The van der Waals surface area contributed by atoms with Crippen LogP contribution in [0.2, 0.25) is 0 Å². The number of benzene rings is 1. The molecule has 0 amide bonds. The second kappa shape index (κ2) is 3.56. The van der Waals surface area contributed by atoms with Crippen LogP contribution in [0.5, 0.6) is 5.75 Å². The molecule has 0 atom stereocenters. The molecule has 0 aliphatic carbocycles. The molecule has 0 fully saturated rings. The lowest BCUT2D eigenvalue weighted by molar-refractivity contribution is 0.275. The summed E-state index contributed by atoms with van der Waals surface area (Å²) in [5.74, 6) is 0.116. The molecule has 0 aliphatic heterocycles. The van der Waals surface area contributed by atoms with Gasteiger partial charge >= 0.3 is 0 Å². The highest BCUT2D eigenvalue weighted by molar-refractivity contribution is 5.42. The second-order valence-electron chi connectivity index (χ2n) is 2.79. The predicted octanol–water partition coefficient (Wildman–Crippen LogP) is 0.652. The van der Waals surface area contributed by atoms with Crippen LogP contribution in [-0.2, 0) is 13.2 Å². The van der Waals surface area contributed by atoms with E-state index in [1.807, 2.05) is 13.0 Å². The number of aliphatic hydroxyl groups is 1. The van der Waals surface area contributed by atoms with Crippen molar-refractivity contribution in [2.75, 3.05) is 0 Å². The van der Waals surface area contributed by atoms with Crippen LogP contribution in [-0.4, -0.2) is 10.2 Å². The number of nitrogens with two attached hydrogens (primary N) is 1. The zero-order valence-corrected chi connectivity index (χ0v) is 7.04. The van der Waals surface area contributed by atoms with Crippen molar-refractivity contribution < 1.29 is 10.2 Å². The van der Waals surface area contributed by atoms with Crippen LogP contribution in [0.15, 0.2) is 12.1 Å². The zero-order valence-electron chi connectivity index (χ0n) is 7.04. The largest absolute Gasteiger partial charge is 0.507 e. The van der Waals surface area contributed by atoms with Gasteiger partial charge < -0.3 is 15.9 Å². The molecular weight excluding hydrogens is 154 g/mol. The van der Waals surface area contributed by atoms with E-state index in [0.717, 1.165) is 5.56 Å². The fourth-order valence-electron chi connectivity index (χ4n) is 1.21. The Balaban J connectivity index is 3.22. The Bertz CT molecular complexity index is 259. The number of hydrogen-bond donors (Lipinski definition) is 3. The number of hydrogen-bond acceptors (Lipinski definition) is 3. The minimum absolute atomic E-state index is 0.116. The highest BCUT2D eigenvalue weighted by atomic mass is 16.3. The van der Waals surface area contributed by atoms with E-state index in [1.54, 1.807) is 6.07 Å². The van der Waals surface area contributed by atoms with Gasteiger partial charge in [0.05, 0.1) is 6.61 Å². The quantitative estimate of drug-likeness (QED) is 0.606. The van der Waals surface area contributed by atoms with E-state index in [-0.39, 0.29) is 12.4 Å². The van der Waals surface area contributed by atoms with Crippen molar-refractivity contribution >= 4 is 0 Å². The molecule has 66 valence electrons. The minimum atomic E-state index is -0.152. The van der Waals surface area contributed by atoms with Crippen LogP contribution in [0.4, 0.5) is 0 Å². The highest BCUT2D eigenvalue weighted by Crippen LogP contribution is 2.23. The average molecular weight is 167 g/mol. The summed E-state index contributed by atoms with van der Waals surface area (Å²) in [6.07, 6.45) is 0. The van der Waals surface area contributed by atoms with E-state index in [9.17, 15) is 5.11 Å². The molecular formula is C9H13NO2. The maximum atomic E-state index is 9.47. The van der Waals surface area contributed by atoms with Crippen molar-refractivity contribution in [2.45, 2.75) is 20.1 Å². The van der Waals surface area contributed by atoms with Gasteiger partial charge in [-0.15, -0.1) is 0 Å². The average Bonchev–Trinajstić information content (AvgIpc) is 2.08. The lowest BCUT2D eigenvalue weighted by Crippen LogP contribution is -1.99. The zero-order chi connectivity index (χ0) is 9.14. The summed E-state index contributed by atoms with van der Waals surface area (Å²) >= 11 is 0. The molecule has 0 unspecified atom stereocenters. The fourth-order valence-corrected chi connectivity index (χ4v) is 1.21. The number of aliphatic hydroxyl groups excluding tert-OH is 1. The van der Waals surface area contributed by atoms with Crippen LogP contribution in [0.3, 0.4) is 0 Å². The summed E-state index contributed by atoms with van der Waals surface area (Å²) in [5, 5.41) is 18.3. The molecule has 0 saturated heterocycles. The van der Waals surface area contributed by atoms with Crippen LogP contribution in [0.25, 0.3) is 0 Å². The first-order chi connectivity index (χ1) is 5.69. The summed E-state index contributed by atoms with van der Waals surface area (Å²) in [6, 6.07) is 3.56. The third kappa shape index (κ3) is 1.57. The van der Waals surface area contributed by atoms with Crippen LogP contribution in [0, 0.1) is 6.92 Å². The molecule has 0 radical (unpaired) electrons. The smallest absolute Gasteiger partial charge is 0.125 e. The van der Waals surface area contributed by atoms with E-state index in [2.05, 4.69) is 0 Å². The summed E-state index contributed by atoms with van der Waals surface area (Å²) in [4.78, 5) is 0. The summed E-state index contributed by atoms with van der Waals surface area (Å²) in [5.41, 5.74) is 7.62. The topological polar surface area (TPSA) is 66.5 Å². The molecule has 0 heterocycles. The molecule has 0 spiro atoms. The molecule has 4 N–H and O–H groups in total. The normalized spacial score (nSPS) is 10.2. The Kier molecular flexibility index (Phi) is 2.68. The molecule has 1 aromatic rings. The Morgan fingerprint density at radius 2 is 1.92 bits per heavy atom. The fraction of sp³-hybridized carbons (Fsp3) is 0.333. The van der Waals surface area contributed by atoms with E-state index in [0.29, 0.717) is 17.7 Å². The Hall–Kier alpha value is -1.06. The first kappa shape index (κ1) is 9.03. The molecule has 0 bridgehead atoms. The van der Waals surface area contributed by atoms with Crippen LogP contribution < -0.4 is 5.73 Å². The van der Waals surface area contributed by atoms with Gasteiger partial charge in [-0.3, -0.25) is 0 Å².